The van der Waals surface area contributed by atoms with Crippen molar-refractivity contribution in [2.75, 3.05) is 31.6 Å². The molecular weight excluding hydrogens is 254 g/mol. The van der Waals surface area contributed by atoms with E-state index in [1.54, 1.807) is 0 Å². The molecule has 1 aliphatic carbocycles. The van der Waals surface area contributed by atoms with Crippen LogP contribution in [0.15, 0.2) is 0 Å². The highest BCUT2D eigenvalue weighted by molar-refractivity contribution is 9.09. The lowest BCUT2D eigenvalue weighted by Crippen LogP contribution is -2.40. The minimum absolute atomic E-state index is 0.533. The SMILES string of the molecule is CCOC1CCN(CC2(CBr)CC2)CC1. The monoisotopic (exact) mass is 275 g/mol. The molecule has 0 aromatic heterocycles. The maximum Gasteiger partial charge on any atom is 0.0599 e. The number of piperidine rings is 1. The van der Waals surface area contributed by atoms with E-state index in [4.69, 9.17) is 4.74 Å². The van der Waals surface area contributed by atoms with Crippen LogP contribution in [0.3, 0.4) is 0 Å². The first-order valence-corrected chi connectivity index (χ1v) is 7.30. The van der Waals surface area contributed by atoms with Crippen molar-refractivity contribution >= 4 is 15.9 Å². The van der Waals surface area contributed by atoms with Crippen molar-refractivity contribution in [1.29, 1.82) is 0 Å². The molecule has 2 fully saturated rings. The molecule has 1 aliphatic heterocycles. The Labute approximate surface area is 101 Å². The van der Waals surface area contributed by atoms with Crippen molar-refractivity contribution in [2.45, 2.75) is 38.7 Å². The molecule has 1 heterocycles. The Morgan fingerprint density at radius 1 is 1.33 bits per heavy atom. The van der Waals surface area contributed by atoms with E-state index in [0.29, 0.717) is 11.5 Å². The standard InChI is InChI=1S/C12H22BrNO/c1-2-15-11-3-7-14(8-4-11)10-12(9-13)5-6-12/h11H,2-10H2,1H3. The van der Waals surface area contributed by atoms with E-state index in [-0.39, 0.29) is 0 Å². The van der Waals surface area contributed by atoms with Gasteiger partial charge in [0.1, 0.15) is 0 Å². The molecular formula is C12H22BrNO. The Bertz CT molecular complexity index is 198. The quantitative estimate of drug-likeness (QED) is 0.716. The van der Waals surface area contributed by atoms with Crippen molar-refractivity contribution in [1.82, 2.24) is 4.90 Å². The molecule has 2 rings (SSSR count). The number of nitrogens with zero attached hydrogens (tertiary/aromatic N) is 1. The van der Waals surface area contributed by atoms with Crippen LogP contribution in [0.1, 0.15) is 32.6 Å². The largest absolute Gasteiger partial charge is 0.378 e. The highest BCUT2D eigenvalue weighted by Gasteiger charge is 2.43. The maximum absolute atomic E-state index is 5.67. The average molecular weight is 276 g/mol. The number of alkyl halides is 1. The average Bonchev–Trinajstić information content (AvgIpc) is 3.02. The molecule has 2 aliphatic rings. The molecule has 0 unspecified atom stereocenters. The summed E-state index contributed by atoms with van der Waals surface area (Å²) in [7, 11) is 0. The van der Waals surface area contributed by atoms with E-state index in [1.807, 2.05) is 0 Å². The van der Waals surface area contributed by atoms with E-state index in [0.717, 1.165) is 6.61 Å². The van der Waals surface area contributed by atoms with Crippen molar-refractivity contribution in [3.05, 3.63) is 0 Å². The predicted molar refractivity (Wildman–Crippen MR) is 66.5 cm³/mol. The fourth-order valence-corrected chi connectivity index (χ4v) is 3.19. The predicted octanol–water partition coefficient (Wildman–Crippen LogP) is 2.66. The van der Waals surface area contributed by atoms with Gasteiger partial charge in [0.25, 0.3) is 0 Å². The van der Waals surface area contributed by atoms with Crippen LogP contribution < -0.4 is 0 Å². The van der Waals surface area contributed by atoms with Crippen LogP contribution in [0, 0.1) is 5.41 Å². The molecule has 0 N–H and O–H groups in total. The smallest absolute Gasteiger partial charge is 0.0599 e. The van der Waals surface area contributed by atoms with Gasteiger partial charge in [-0.1, -0.05) is 15.9 Å². The molecule has 0 spiro atoms. The Morgan fingerprint density at radius 2 is 2.00 bits per heavy atom. The van der Waals surface area contributed by atoms with Crippen LogP contribution >= 0.6 is 15.9 Å². The Balaban J connectivity index is 1.69. The molecule has 1 saturated carbocycles. The van der Waals surface area contributed by atoms with Crippen LogP contribution in [0.2, 0.25) is 0 Å². The van der Waals surface area contributed by atoms with Gasteiger partial charge in [0, 0.05) is 31.6 Å². The summed E-state index contributed by atoms with van der Waals surface area (Å²) in [6.45, 7) is 6.74. The Kier molecular flexibility index (Phi) is 4.08. The highest BCUT2D eigenvalue weighted by atomic mass is 79.9. The summed E-state index contributed by atoms with van der Waals surface area (Å²) in [5, 5.41) is 1.19. The maximum atomic E-state index is 5.67. The van der Waals surface area contributed by atoms with Gasteiger partial charge < -0.3 is 9.64 Å². The lowest BCUT2D eigenvalue weighted by atomic mass is 10.0. The van der Waals surface area contributed by atoms with E-state index in [9.17, 15) is 0 Å². The lowest BCUT2D eigenvalue weighted by Gasteiger charge is -2.33. The first-order chi connectivity index (χ1) is 7.28. The molecule has 88 valence electrons. The van der Waals surface area contributed by atoms with Gasteiger partial charge in [-0.15, -0.1) is 0 Å². The zero-order valence-electron chi connectivity index (χ0n) is 9.67. The van der Waals surface area contributed by atoms with Gasteiger partial charge >= 0.3 is 0 Å². The van der Waals surface area contributed by atoms with Crippen LogP contribution in [0.4, 0.5) is 0 Å². The topological polar surface area (TPSA) is 12.5 Å². The number of hydrogen-bond acceptors (Lipinski definition) is 2. The molecule has 3 heteroatoms. The summed E-state index contributed by atoms with van der Waals surface area (Å²) in [4.78, 5) is 2.63. The molecule has 0 aromatic rings. The Hall–Kier alpha value is 0.400. The first-order valence-electron chi connectivity index (χ1n) is 6.18. The number of likely N-dealkylation sites (tertiary alicyclic amines) is 1. The van der Waals surface area contributed by atoms with Crippen LogP contribution in [0.25, 0.3) is 0 Å². The number of ether oxygens (including phenoxy) is 1. The van der Waals surface area contributed by atoms with Crippen molar-refractivity contribution in [3.63, 3.8) is 0 Å². The number of rotatable bonds is 5. The second-order valence-corrected chi connectivity index (χ2v) is 5.63. The second kappa shape index (κ2) is 5.15. The van der Waals surface area contributed by atoms with E-state index >= 15 is 0 Å². The van der Waals surface area contributed by atoms with Gasteiger partial charge in [-0.25, -0.2) is 0 Å². The van der Waals surface area contributed by atoms with Crippen LogP contribution in [0.5, 0.6) is 0 Å². The number of hydrogen-bond donors (Lipinski definition) is 0. The minimum atomic E-state index is 0.533. The summed E-state index contributed by atoms with van der Waals surface area (Å²) in [6, 6.07) is 0. The van der Waals surface area contributed by atoms with E-state index in [2.05, 4.69) is 27.8 Å². The highest BCUT2D eigenvalue weighted by Crippen LogP contribution is 2.47. The van der Waals surface area contributed by atoms with Crippen LogP contribution in [-0.4, -0.2) is 42.6 Å². The molecule has 0 amide bonds. The summed E-state index contributed by atoms with van der Waals surface area (Å²) in [5.41, 5.74) is 0.637. The van der Waals surface area contributed by atoms with Gasteiger partial charge in [-0.05, 0) is 38.0 Å². The zero-order chi connectivity index (χ0) is 10.7. The van der Waals surface area contributed by atoms with Crippen molar-refractivity contribution < 1.29 is 4.74 Å². The third-order valence-electron chi connectivity index (χ3n) is 3.74. The molecule has 2 nitrogen and oxygen atoms in total. The molecule has 0 radical (unpaired) electrons. The lowest BCUT2D eigenvalue weighted by molar-refractivity contribution is 0.0108. The summed E-state index contributed by atoms with van der Waals surface area (Å²) >= 11 is 3.65. The summed E-state index contributed by atoms with van der Waals surface area (Å²) in [6.07, 6.45) is 5.83. The third kappa shape index (κ3) is 3.18. The minimum Gasteiger partial charge on any atom is -0.378 e. The number of halogens is 1. The van der Waals surface area contributed by atoms with Crippen molar-refractivity contribution in [2.24, 2.45) is 5.41 Å². The van der Waals surface area contributed by atoms with Gasteiger partial charge in [-0.2, -0.15) is 0 Å². The summed E-state index contributed by atoms with van der Waals surface area (Å²) < 4.78 is 5.67. The molecule has 0 aromatic carbocycles. The van der Waals surface area contributed by atoms with E-state index < -0.39 is 0 Å². The van der Waals surface area contributed by atoms with Crippen LogP contribution in [-0.2, 0) is 4.74 Å². The summed E-state index contributed by atoms with van der Waals surface area (Å²) in [5.74, 6) is 0. The van der Waals surface area contributed by atoms with Crippen molar-refractivity contribution in [3.8, 4) is 0 Å². The zero-order valence-corrected chi connectivity index (χ0v) is 11.3. The molecule has 1 saturated heterocycles. The first kappa shape index (κ1) is 11.9. The Morgan fingerprint density at radius 3 is 2.47 bits per heavy atom. The fourth-order valence-electron chi connectivity index (χ4n) is 2.45. The molecule has 0 atom stereocenters. The van der Waals surface area contributed by atoms with E-state index in [1.165, 1.54) is 50.6 Å². The second-order valence-electron chi connectivity index (χ2n) is 5.06. The van der Waals surface area contributed by atoms with Gasteiger partial charge in [-0.3, -0.25) is 0 Å². The molecule has 0 bridgehead atoms. The normalized spacial score (nSPS) is 26.8. The van der Waals surface area contributed by atoms with Gasteiger partial charge in [0.05, 0.1) is 6.10 Å². The third-order valence-corrected chi connectivity index (χ3v) is 4.93. The fraction of sp³-hybridized carbons (Fsp3) is 1.00. The van der Waals surface area contributed by atoms with Gasteiger partial charge in [0.2, 0.25) is 0 Å². The van der Waals surface area contributed by atoms with Gasteiger partial charge in [0.15, 0.2) is 0 Å². The molecule has 15 heavy (non-hydrogen) atoms.